The lowest BCUT2D eigenvalue weighted by Crippen LogP contribution is -2.30. The number of nitrogens with one attached hydrogen (secondary N) is 1. The fourth-order valence-electron chi connectivity index (χ4n) is 1.63. The minimum Gasteiger partial charge on any atom is -0.448 e. The maximum atomic E-state index is 13.5. The summed E-state index contributed by atoms with van der Waals surface area (Å²) >= 11 is 5.72. The van der Waals surface area contributed by atoms with Gasteiger partial charge in [-0.3, -0.25) is 4.79 Å². The van der Waals surface area contributed by atoms with Crippen LogP contribution in [0, 0.1) is 11.6 Å². The molecule has 8 heteroatoms. The van der Waals surface area contributed by atoms with Gasteiger partial charge in [-0.2, -0.15) is 0 Å². The first-order valence-corrected chi connectivity index (χ1v) is 6.83. The lowest BCUT2D eigenvalue weighted by molar-refractivity contribution is -0.123. The summed E-state index contributed by atoms with van der Waals surface area (Å²) in [5.74, 6) is -3.64. The topological polar surface area (TPSA) is 68.3 Å². The highest BCUT2D eigenvalue weighted by atomic mass is 35.5. The van der Waals surface area contributed by atoms with Gasteiger partial charge in [0.1, 0.15) is 23.0 Å². The van der Waals surface area contributed by atoms with Gasteiger partial charge in [-0.1, -0.05) is 17.7 Å². The number of carbonyl (C=O) groups excluding carboxylic acids is 2. The third-order valence-corrected chi connectivity index (χ3v) is 3.03. The Balaban J connectivity index is 2.04. The van der Waals surface area contributed by atoms with E-state index in [0.29, 0.717) is 0 Å². The number of anilines is 1. The first kappa shape index (κ1) is 16.8. The van der Waals surface area contributed by atoms with Gasteiger partial charge in [-0.05, 0) is 31.2 Å². The highest BCUT2D eigenvalue weighted by Gasteiger charge is 2.22. The molecule has 120 valence electrons. The number of benzene rings is 1. The second kappa shape index (κ2) is 7.15. The molecule has 1 amide bonds. The molecule has 23 heavy (non-hydrogen) atoms. The summed E-state index contributed by atoms with van der Waals surface area (Å²) in [6.45, 7) is 1.26. The van der Waals surface area contributed by atoms with Crippen LogP contribution in [0.3, 0.4) is 0 Å². The van der Waals surface area contributed by atoms with Gasteiger partial charge in [0.25, 0.3) is 5.91 Å². The van der Waals surface area contributed by atoms with E-state index in [9.17, 15) is 18.4 Å². The number of esters is 1. The fourth-order valence-corrected chi connectivity index (χ4v) is 1.79. The zero-order valence-corrected chi connectivity index (χ0v) is 12.6. The molecule has 1 atom stereocenters. The maximum Gasteiger partial charge on any atom is 0.357 e. The van der Waals surface area contributed by atoms with E-state index >= 15 is 0 Å². The van der Waals surface area contributed by atoms with Crippen LogP contribution in [0.15, 0.2) is 36.5 Å². The number of pyridine rings is 1. The molecule has 5 nitrogen and oxygen atoms in total. The minimum absolute atomic E-state index is 0.0887. The number of amides is 1. The van der Waals surface area contributed by atoms with Gasteiger partial charge in [0.15, 0.2) is 6.10 Å². The van der Waals surface area contributed by atoms with E-state index in [-0.39, 0.29) is 10.7 Å². The average molecular weight is 341 g/mol. The van der Waals surface area contributed by atoms with Crippen molar-refractivity contribution < 1.29 is 23.1 Å². The Bertz CT molecular complexity index is 735. The number of nitrogens with zero attached hydrogens (tertiary/aromatic N) is 1. The van der Waals surface area contributed by atoms with Gasteiger partial charge in [0.05, 0.1) is 0 Å². The van der Waals surface area contributed by atoms with Gasteiger partial charge in [0.2, 0.25) is 0 Å². The normalized spacial score (nSPS) is 11.7. The molecule has 1 heterocycles. The van der Waals surface area contributed by atoms with Crippen LogP contribution < -0.4 is 5.32 Å². The van der Waals surface area contributed by atoms with E-state index in [4.69, 9.17) is 16.3 Å². The summed E-state index contributed by atoms with van der Waals surface area (Å²) < 4.78 is 31.8. The molecule has 2 rings (SSSR count). The van der Waals surface area contributed by atoms with Crippen molar-refractivity contribution in [2.24, 2.45) is 0 Å². The zero-order chi connectivity index (χ0) is 17.0. The maximum absolute atomic E-state index is 13.5. The van der Waals surface area contributed by atoms with Gasteiger partial charge in [-0.25, -0.2) is 18.6 Å². The molecule has 0 unspecified atom stereocenters. The Kier molecular flexibility index (Phi) is 5.23. The molecular weight excluding hydrogens is 330 g/mol. The largest absolute Gasteiger partial charge is 0.448 e. The van der Waals surface area contributed by atoms with Crippen molar-refractivity contribution in [1.82, 2.24) is 4.98 Å². The van der Waals surface area contributed by atoms with Gasteiger partial charge in [0, 0.05) is 11.2 Å². The molecule has 0 aliphatic heterocycles. The van der Waals surface area contributed by atoms with Gasteiger partial charge in [-0.15, -0.1) is 0 Å². The van der Waals surface area contributed by atoms with E-state index in [0.717, 1.165) is 18.2 Å². The summed E-state index contributed by atoms with van der Waals surface area (Å²) in [6, 6.07) is 5.88. The predicted molar refractivity (Wildman–Crippen MR) is 79.1 cm³/mol. The van der Waals surface area contributed by atoms with Crippen LogP contribution >= 0.6 is 11.6 Å². The number of carbonyl (C=O) groups is 2. The molecule has 0 fully saturated rings. The quantitative estimate of drug-likeness (QED) is 0.868. The number of rotatable bonds is 4. The van der Waals surface area contributed by atoms with Crippen molar-refractivity contribution in [1.29, 1.82) is 0 Å². The number of hydrogen-bond acceptors (Lipinski definition) is 4. The average Bonchev–Trinajstić information content (AvgIpc) is 2.50. The number of halogens is 3. The molecule has 2 aromatic rings. The molecule has 0 spiro atoms. The van der Waals surface area contributed by atoms with Gasteiger partial charge < -0.3 is 10.1 Å². The first-order chi connectivity index (χ1) is 10.9. The number of para-hydroxylation sites is 1. The van der Waals surface area contributed by atoms with Crippen LogP contribution in [0.1, 0.15) is 17.4 Å². The summed E-state index contributed by atoms with van der Waals surface area (Å²) in [5.41, 5.74) is -0.699. The number of ether oxygens (including phenoxy) is 1. The summed E-state index contributed by atoms with van der Waals surface area (Å²) in [7, 11) is 0. The fraction of sp³-hybridized carbons (Fsp3) is 0.133. The molecular formula is C15H11ClF2N2O3. The summed E-state index contributed by atoms with van der Waals surface area (Å²) in [5, 5.41) is 2.31. The highest BCUT2D eigenvalue weighted by Crippen LogP contribution is 2.18. The van der Waals surface area contributed by atoms with E-state index in [1.165, 1.54) is 25.3 Å². The van der Waals surface area contributed by atoms with Crippen molar-refractivity contribution in [3.8, 4) is 0 Å². The Morgan fingerprint density at radius 1 is 1.26 bits per heavy atom. The standard InChI is InChI=1S/C15H11ClF2N2O3/c1-8(23-15(22)12-7-9(16)5-6-19-12)14(21)20-13-10(17)3-2-4-11(13)18/h2-8H,1H3,(H,20,21)/t8-/m1/s1. The molecule has 0 saturated carbocycles. The second-order valence-electron chi connectivity index (χ2n) is 4.49. The monoisotopic (exact) mass is 340 g/mol. The van der Waals surface area contributed by atoms with Crippen LogP contribution in [-0.4, -0.2) is 23.0 Å². The molecule has 0 saturated heterocycles. The van der Waals surface area contributed by atoms with Gasteiger partial charge >= 0.3 is 5.97 Å². The number of aromatic nitrogens is 1. The third-order valence-electron chi connectivity index (χ3n) is 2.80. The Hall–Kier alpha value is -2.54. The lowest BCUT2D eigenvalue weighted by atomic mass is 10.2. The number of hydrogen-bond donors (Lipinski definition) is 1. The SMILES string of the molecule is C[C@@H](OC(=O)c1cc(Cl)ccn1)C(=O)Nc1c(F)cccc1F. The molecule has 0 aliphatic rings. The molecule has 0 radical (unpaired) electrons. The van der Waals surface area contributed by atoms with E-state index in [1.807, 2.05) is 5.32 Å². The smallest absolute Gasteiger partial charge is 0.357 e. The van der Waals surface area contributed by atoms with Crippen molar-refractivity contribution >= 4 is 29.2 Å². The van der Waals surface area contributed by atoms with E-state index in [1.54, 1.807) is 0 Å². The van der Waals surface area contributed by atoms with E-state index < -0.39 is 35.3 Å². The third kappa shape index (κ3) is 4.23. The van der Waals surface area contributed by atoms with Crippen LogP contribution in [0.25, 0.3) is 0 Å². The molecule has 0 aliphatic carbocycles. The van der Waals surface area contributed by atoms with Crippen LogP contribution in [0.4, 0.5) is 14.5 Å². The molecule has 0 bridgehead atoms. The molecule has 1 aromatic heterocycles. The first-order valence-electron chi connectivity index (χ1n) is 6.46. The molecule has 1 N–H and O–H groups in total. The lowest BCUT2D eigenvalue weighted by Gasteiger charge is -2.14. The van der Waals surface area contributed by atoms with Crippen LogP contribution in [0.2, 0.25) is 5.02 Å². The summed E-state index contributed by atoms with van der Waals surface area (Å²) in [4.78, 5) is 27.5. The van der Waals surface area contributed by atoms with Crippen molar-refractivity contribution in [2.75, 3.05) is 5.32 Å². The zero-order valence-electron chi connectivity index (χ0n) is 11.8. The van der Waals surface area contributed by atoms with Crippen molar-refractivity contribution in [2.45, 2.75) is 13.0 Å². The van der Waals surface area contributed by atoms with Crippen LogP contribution in [-0.2, 0) is 9.53 Å². The Labute approximate surface area is 135 Å². The summed E-state index contributed by atoms with van der Waals surface area (Å²) in [6.07, 6.45) is 0.0144. The van der Waals surface area contributed by atoms with Crippen molar-refractivity contribution in [3.63, 3.8) is 0 Å². The van der Waals surface area contributed by atoms with E-state index in [2.05, 4.69) is 4.98 Å². The second-order valence-corrected chi connectivity index (χ2v) is 4.93. The highest BCUT2D eigenvalue weighted by molar-refractivity contribution is 6.30. The van der Waals surface area contributed by atoms with Crippen LogP contribution in [0.5, 0.6) is 0 Å². The Morgan fingerprint density at radius 3 is 2.52 bits per heavy atom. The Morgan fingerprint density at radius 2 is 1.91 bits per heavy atom. The predicted octanol–water partition coefficient (Wildman–Crippen LogP) is 3.20. The molecule has 1 aromatic carbocycles. The van der Waals surface area contributed by atoms with Crippen molar-refractivity contribution in [3.05, 3.63) is 58.9 Å². The minimum atomic E-state index is -1.29.